The van der Waals surface area contributed by atoms with E-state index < -0.39 is 29.8 Å². The summed E-state index contributed by atoms with van der Waals surface area (Å²) in [5.74, 6) is -1.94. The van der Waals surface area contributed by atoms with Crippen LogP contribution < -0.4 is 4.74 Å². The van der Waals surface area contributed by atoms with E-state index >= 15 is 0 Å². The van der Waals surface area contributed by atoms with Crippen molar-refractivity contribution in [2.75, 3.05) is 7.11 Å². The molecular weight excluding hydrogens is 452 g/mol. The molecule has 0 radical (unpaired) electrons. The van der Waals surface area contributed by atoms with Crippen LogP contribution in [0.2, 0.25) is 0 Å². The van der Waals surface area contributed by atoms with Crippen molar-refractivity contribution in [3.8, 4) is 5.75 Å². The van der Waals surface area contributed by atoms with Crippen molar-refractivity contribution < 1.29 is 23.9 Å². The van der Waals surface area contributed by atoms with E-state index in [1.165, 1.54) is 30.8 Å². The van der Waals surface area contributed by atoms with E-state index in [4.69, 9.17) is 4.74 Å². The van der Waals surface area contributed by atoms with Gasteiger partial charge in [-0.2, -0.15) is 15.1 Å². The Morgan fingerprint density at radius 3 is 2.11 bits per heavy atom. The number of hydrogen-bond donors (Lipinski definition) is 0. The first kappa shape index (κ1) is 23.6. The molecule has 4 rings (SSSR count). The zero-order valence-electron chi connectivity index (χ0n) is 19.7. The number of hydrazine groups is 1. The van der Waals surface area contributed by atoms with E-state index in [1.54, 1.807) is 55.6 Å². The molecule has 1 unspecified atom stereocenters. The van der Waals surface area contributed by atoms with Crippen LogP contribution >= 0.6 is 0 Å². The molecule has 1 atom stereocenters. The molecule has 0 fully saturated rings. The van der Waals surface area contributed by atoms with Gasteiger partial charge < -0.3 is 4.74 Å². The predicted molar refractivity (Wildman–Crippen MR) is 125 cm³/mol. The van der Waals surface area contributed by atoms with E-state index in [2.05, 4.69) is 10.2 Å². The van der Waals surface area contributed by atoms with Crippen molar-refractivity contribution in [1.29, 1.82) is 0 Å². The van der Waals surface area contributed by atoms with Gasteiger partial charge in [-0.1, -0.05) is 42.5 Å². The maximum atomic E-state index is 13.6. The Hall–Kier alpha value is -4.54. The van der Waals surface area contributed by atoms with Crippen molar-refractivity contribution in [2.45, 2.75) is 33.4 Å². The highest BCUT2D eigenvalue weighted by Crippen LogP contribution is 2.35. The van der Waals surface area contributed by atoms with E-state index in [0.29, 0.717) is 16.3 Å². The highest BCUT2D eigenvalue weighted by atomic mass is 16.5. The fourth-order valence-corrected chi connectivity index (χ4v) is 3.92. The number of methoxy groups -OCH3 is 1. The first-order chi connectivity index (χ1) is 16.7. The number of hydrogen-bond acceptors (Lipinski definition) is 8. The van der Waals surface area contributed by atoms with E-state index in [0.717, 1.165) is 10.6 Å². The van der Waals surface area contributed by atoms with Gasteiger partial charge >= 0.3 is 0 Å². The van der Waals surface area contributed by atoms with E-state index in [9.17, 15) is 19.2 Å². The predicted octanol–water partition coefficient (Wildman–Crippen LogP) is 1.88. The summed E-state index contributed by atoms with van der Waals surface area (Å²) in [6.07, 6.45) is -0.708. The van der Waals surface area contributed by atoms with Crippen LogP contribution in [-0.2, 0) is 25.6 Å². The number of amides is 4. The topological polar surface area (TPSA) is 115 Å². The molecule has 0 N–H and O–H groups in total. The summed E-state index contributed by atoms with van der Waals surface area (Å²) in [6.45, 7) is 3.67. The van der Waals surface area contributed by atoms with Gasteiger partial charge in [0.05, 0.1) is 7.11 Å². The minimum Gasteiger partial charge on any atom is -0.497 e. The Bertz CT molecular complexity index is 1230. The average Bonchev–Trinajstić information content (AvgIpc) is 3.21. The van der Waals surface area contributed by atoms with Crippen molar-refractivity contribution in [1.82, 2.24) is 20.0 Å². The number of imide groups is 1. The lowest BCUT2D eigenvalue weighted by Crippen LogP contribution is -2.61. The first-order valence-electron chi connectivity index (χ1n) is 10.8. The summed E-state index contributed by atoms with van der Waals surface area (Å²) >= 11 is 0. The molecule has 0 saturated carbocycles. The Morgan fingerprint density at radius 2 is 1.57 bits per heavy atom. The molecule has 0 spiro atoms. The monoisotopic (exact) mass is 476 g/mol. The van der Waals surface area contributed by atoms with Gasteiger partial charge in [0.1, 0.15) is 11.5 Å². The zero-order chi connectivity index (χ0) is 25.3. The van der Waals surface area contributed by atoms with Crippen LogP contribution in [0.5, 0.6) is 5.75 Å². The van der Waals surface area contributed by atoms with Crippen LogP contribution in [0.3, 0.4) is 0 Å². The summed E-state index contributed by atoms with van der Waals surface area (Å²) in [5, 5.41) is 13.0. The van der Waals surface area contributed by atoms with Crippen LogP contribution in [0.15, 0.2) is 64.8 Å². The Kier molecular flexibility index (Phi) is 6.32. The minimum absolute atomic E-state index is 0.0629. The number of rotatable bonds is 5. The molecule has 180 valence electrons. The van der Waals surface area contributed by atoms with Gasteiger partial charge in [-0.3, -0.25) is 19.2 Å². The highest BCUT2D eigenvalue weighted by Gasteiger charge is 2.49. The smallest absolute Gasteiger partial charge is 0.296 e. The van der Waals surface area contributed by atoms with Crippen molar-refractivity contribution in [3.63, 3.8) is 0 Å². The summed E-state index contributed by atoms with van der Waals surface area (Å²) in [6, 6.07) is 16.1. The fourth-order valence-electron chi connectivity index (χ4n) is 3.92. The van der Waals surface area contributed by atoms with Crippen LogP contribution in [0.25, 0.3) is 0 Å². The van der Waals surface area contributed by atoms with Gasteiger partial charge in [0.15, 0.2) is 6.17 Å². The van der Waals surface area contributed by atoms with E-state index in [-0.39, 0.29) is 18.1 Å². The lowest BCUT2D eigenvalue weighted by Gasteiger charge is -2.37. The van der Waals surface area contributed by atoms with Gasteiger partial charge in [0.25, 0.3) is 11.9 Å². The quantitative estimate of drug-likeness (QED) is 0.651. The fraction of sp³-hybridized carbons (Fsp3) is 0.250. The number of ether oxygens (including phenoxy) is 1. The Labute approximate surface area is 201 Å². The molecular formula is C24H24N6O5. The molecule has 2 aromatic carbocycles. The molecule has 11 nitrogen and oxygen atoms in total. The molecule has 11 heteroatoms. The van der Waals surface area contributed by atoms with Gasteiger partial charge in [0, 0.05) is 27.2 Å². The lowest BCUT2D eigenvalue weighted by molar-refractivity contribution is -0.162. The van der Waals surface area contributed by atoms with Crippen LogP contribution in [0, 0.1) is 0 Å². The second-order valence-corrected chi connectivity index (χ2v) is 7.93. The molecule has 2 aromatic rings. The van der Waals surface area contributed by atoms with Crippen LogP contribution in [0.4, 0.5) is 0 Å². The SMILES string of the molecule is COc1ccc(CC2=NN3C(=NN(C(C)=O)C3c3ccccc3)N(N(C(C)=O)C(C)=O)C2=O)cc1. The summed E-state index contributed by atoms with van der Waals surface area (Å²) in [4.78, 5) is 50.9. The number of nitrogens with zero attached hydrogens (tertiary/aromatic N) is 6. The molecule has 0 aromatic heterocycles. The maximum Gasteiger partial charge on any atom is 0.296 e. The van der Waals surface area contributed by atoms with E-state index in [1.807, 2.05) is 6.07 Å². The summed E-state index contributed by atoms with van der Waals surface area (Å²) in [7, 11) is 1.55. The number of carbonyl (C=O) groups excluding carboxylic acids is 4. The summed E-state index contributed by atoms with van der Waals surface area (Å²) < 4.78 is 5.19. The maximum absolute atomic E-state index is 13.6. The molecule has 2 heterocycles. The molecule has 2 aliphatic rings. The second-order valence-electron chi connectivity index (χ2n) is 7.93. The lowest BCUT2D eigenvalue weighted by atomic mass is 10.1. The number of hydrazone groups is 2. The third-order valence-electron chi connectivity index (χ3n) is 5.47. The van der Waals surface area contributed by atoms with Gasteiger partial charge in [-0.25, -0.2) is 10.0 Å². The molecule has 0 aliphatic carbocycles. The van der Waals surface area contributed by atoms with Crippen molar-refractivity contribution in [2.24, 2.45) is 10.2 Å². The first-order valence-corrected chi connectivity index (χ1v) is 10.8. The van der Waals surface area contributed by atoms with Crippen LogP contribution in [-0.4, -0.2) is 62.4 Å². The molecule has 0 bridgehead atoms. The van der Waals surface area contributed by atoms with Crippen molar-refractivity contribution in [3.05, 3.63) is 65.7 Å². The molecule has 0 saturated heterocycles. The number of carbonyl (C=O) groups is 4. The molecule has 4 amide bonds. The van der Waals surface area contributed by atoms with Crippen LogP contribution in [0.1, 0.15) is 38.1 Å². The average molecular weight is 476 g/mol. The van der Waals surface area contributed by atoms with Gasteiger partial charge in [-0.15, -0.1) is 5.10 Å². The second kappa shape index (κ2) is 9.37. The summed E-state index contributed by atoms with van der Waals surface area (Å²) in [5.41, 5.74) is 1.50. The Balaban J connectivity index is 1.85. The van der Waals surface area contributed by atoms with Gasteiger partial charge in [-0.05, 0) is 23.3 Å². The zero-order valence-corrected chi connectivity index (χ0v) is 19.7. The molecule has 35 heavy (non-hydrogen) atoms. The highest BCUT2D eigenvalue weighted by molar-refractivity contribution is 6.43. The third-order valence-corrected chi connectivity index (χ3v) is 5.47. The van der Waals surface area contributed by atoms with Crippen molar-refractivity contribution >= 4 is 35.3 Å². The number of fused-ring (bicyclic) bond motifs is 1. The third kappa shape index (κ3) is 4.35. The standard InChI is InChI=1S/C24H24N6O5/c1-15(31)27-22(19-8-6-5-7-9-19)28-24(26-27)30(29(16(2)32)17(3)33)23(34)21(25-28)14-18-10-12-20(35-4)13-11-18/h5-13,22H,14H2,1-4H3. The largest absolute Gasteiger partial charge is 0.497 e. The minimum atomic E-state index is -0.814. The van der Waals surface area contributed by atoms with Gasteiger partial charge in [0.2, 0.25) is 17.7 Å². The number of guanidine groups is 1. The molecule has 2 aliphatic heterocycles. The Morgan fingerprint density at radius 1 is 0.943 bits per heavy atom. The normalized spacial score (nSPS) is 17.0. The number of benzene rings is 2.